The summed E-state index contributed by atoms with van der Waals surface area (Å²) < 4.78 is 47.8. The molecular weight excluding hydrogens is 457 g/mol. The predicted octanol–water partition coefficient (Wildman–Crippen LogP) is 4.13. The number of pyridine rings is 1. The van der Waals surface area contributed by atoms with Gasteiger partial charge in [0.05, 0.1) is 19.9 Å². The molecule has 33 heavy (non-hydrogen) atoms. The van der Waals surface area contributed by atoms with Crippen LogP contribution in [0.3, 0.4) is 0 Å². The van der Waals surface area contributed by atoms with Crippen molar-refractivity contribution in [1.29, 1.82) is 0 Å². The van der Waals surface area contributed by atoms with Gasteiger partial charge in [0, 0.05) is 6.20 Å². The summed E-state index contributed by atoms with van der Waals surface area (Å²) in [6.45, 7) is 4.51. The van der Waals surface area contributed by atoms with E-state index < -0.39 is 22.9 Å². The highest BCUT2D eigenvalue weighted by Gasteiger charge is 2.40. The summed E-state index contributed by atoms with van der Waals surface area (Å²) in [5, 5.41) is 8.71. The van der Waals surface area contributed by atoms with Crippen LogP contribution in [0.15, 0.2) is 47.6 Å². The van der Waals surface area contributed by atoms with E-state index >= 15 is 0 Å². The third kappa shape index (κ3) is 11.0. The van der Waals surface area contributed by atoms with Crippen LogP contribution in [0.25, 0.3) is 0 Å². The molecule has 1 fully saturated rings. The van der Waals surface area contributed by atoms with Crippen molar-refractivity contribution in [2.24, 2.45) is 0 Å². The molecule has 10 heteroatoms. The third-order valence-corrected chi connectivity index (χ3v) is 6.29. The summed E-state index contributed by atoms with van der Waals surface area (Å²) in [6.07, 6.45) is 1.53. The number of aromatic nitrogens is 1. The van der Waals surface area contributed by atoms with Gasteiger partial charge in [-0.25, -0.2) is 0 Å². The molecule has 0 bridgehead atoms. The van der Waals surface area contributed by atoms with Crippen molar-refractivity contribution in [3.63, 3.8) is 0 Å². The molecule has 0 radical (unpaired) electrons. The number of carbonyl (C=O) groups is 1. The number of aliphatic hydroxyl groups excluding tert-OH is 1. The SMILES string of the molecule is CC[S+](OC)c1cnccc1C(F)(F)F.CN1CCCC1.O=CCOc1ccc(CO)cc1. The van der Waals surface area contributed by atoms with Crippen LogP contribution >= 0.6 is 0 Å². The quantitative estimate of drug-likeness (QED) is 0.466. The minimum atomic E-state index is -4.35. The Hall–Kier alpha value is -2.14. The maximum absolute atomic E-state index is 12.6. The number of alkyl halides is 3. The zero-order valence-electron chi connectivity index (χ0n) is 19.2. The summed E-state index contributed by atoms with van der Waals surface area (Å²) in [5.74, 6) is 1.14. The van der Waals surface area contributed by atoms with E-state index in [0.29, 0.717) is 17.8 Å². The standard InChI is InChI=1S/C9H11F3NOS.C9H10O3.C5H11N/c1-3-15(14-2)8-6-13-5-4-7(8)9(10,11)12;10-5-6-12-9-3-1-8(7-11)2-4-9;1-6-4-2-3-5-6/h4-6H,3H2,1-2H3;1-5,11H,6-7H2;2-5H2,1H3/q+1;;. The highest BCUT2D eigenvalue weighted by molar-refractivity contribution is 7.92. The molecule has 1 aromatic carbocycles. The second-order valence-corrected chi connectivity index (χ2v) is 9.00. The molecule has 1 aliphatic heterocycles. The topological polar surface area (TPSA) is 71.9 Å². The molecule has 184 valence electrons. The molecule has 1 saturated heterocycles. The predicted molar refractivity (Wildman–Crippen MR) is 123 cm³/mol. The molecule has 0 saturated carbocycles. The van der Waals surface area contributed by atoms with Gasteiger partial charge in [-0.2, -0.15) is 17.4 Å². The molecule has 0 spiro atoms. The summed E-state index contributed by atoms with van der Waals surface area (Å²) in [4.78, 5) is 16.1. The Morgan fingerprint density at radius 1 is 1.18 bits per heavy atom. The van der Waals surface area contributed by atoms with Crippen molar-refractivity contribution in [1.82, 2.24) is 9.88 Å². The fourth-order valence-corrected chi connectivity index (χ4v) is 4.19. The summed E-state index contributed by atoms with van der Waals surface area (Å²) >= 11 is -0.842. The van der Waals surface area contributed by atoms with E-state index in [1.165, 1.54) is 39.2 Å². The highest BCUT2D eigenvalue weighted by atomic mass is 32.2. The minimum absolute atomic E-state index is 0.0218. The van der Waals surface area contributed by atoms with Crippen molar-refractivity contribution in [2.45, 2.75) is 37.4 Å². The van der Waals surface area contributed by atoms with Crippen molar-refractivity contribution in [3.05, 3.63) is 53.9 Å². The summed E-state index contributed by atoms with van der Waals surface area (Å²) in [5.41, 5.74) is 0.165. The van der Waals surface area contributed by atoms with Gasteiger partial charge < -0.3 is 14.7 Å². The molecule has 1 aromatic heterocycles. The zero-order valence-corrected chi connectivity index (χ0v) is 20.0. The van der Waals surface area contributed by atoms with Crippen LogP contribution in [0, 0.1) is 0 Å². The number of likely N-dealkylation sites (tertiary alicyclic amines) is 1. The number of hydrogen-bond donors (Lipinski definition) is 1. The lowest BCUT2D eigenvalue weighted by atomic mass is 10.2. The molecule has 2 heterocycles. The second-order valence-electron chi connectivity index (χ2n) is 6.96. The minimum Gasteiger partial charge on any atom is -0.486 e. The van der Waals surface area contributed by atoms with Crippen LogP contribution < -0.4 is 4.74 Å². The fourth-order valence-electron chi connectivity index (χ4n) is 2.86. The molecule has 0 aliphatic carbocycles. The van der Waals surface area contributed by atoms with Gasteiger partial charge in [0.2, 0.25) is 4.90 Å². The Morgan fingerprint density at radius 3 is 2.24 bits per heavy atom. The van der Waals surface area contributed by atoms with Crippen LogP contribution in [0.2, 0.25) is 0 Å². The van der Waals surface area contributed by atoms with Gasteiger partial charge in [-0.05, 0) is 63.7 Å². The summed E-state index contributed by atoms with van der Waals surface area (Å²) in [6, 6.07) is 7.91. The molecule has 1 N–H and O–H groups in total. The highest BCUT2D eigenvalue weighted by Crippen LogP contribution is 2.34. The van der Waals surface area contributed by atoms with Gasteiger partial charge in [0.15, 0.2) is 17.5 Å². The van der Waals surface area contributed by atoms with Crippen LogP contribution in [-0.2, 0) is 32.9 Å². The van der Waals surface area contributed by atoms with E-state index in [-0.39, 0.29) is 18.1 Å². The average Bonchev–Trinajstić information content (AvgIpc) is 3.30. The largest absolute Gasteiger partial charge is 0.486 e. The number of carbonyl (C=O) groups excluding carboxylic acids is 1. The van der Waals surface area contributed by atoms with Gasteiger partial charge in [0.1, 0.15) is 23.7 Å². The lowest BCUT2D eigenvalue weighted by Crippen LogP contribution is -2.16. The van der Waals surface area contributed by atoms with Gasteiger partial charge in [-0.15, -0.1) is 0 Å². The molecule has 1 unspecified atom stereocenters. The molecule has 2 aromatic rings. The Balaban J connectivity index is 0.000000268. The average molecular weight is 490 g/mol. The monoisotopic (exact) mass is 489 g/mol. The smallest absolute Gasteiger partial charge is 0.421 e. The normalized spacial score (nSPS) is 14.4. The van der Waals surface area contributed by atoms with E-state index in [1.807, 2.05) is 0 Å². The Labute approximate surface area is 196 Å². The van der Waals surface area contributed by atoms with E-state index in [9.17, 15) is 18.0 Å². The molecular formula is C23H32F3N2O4S+. The van der Waals surface area contributed by atoms with Crippen molar-refractivity contribution < 1.29 is 32.0 Å². The molecule has 0 amide bonds. The summed E-state index contributed by atoms with van der Waals surface area (Å²) in [7, 11) is 3.58. The third-order valence-electron chi connectivity index (χ3n) is 4.55. The maximum Gasteiger partial charge on any atom is 0.421 e. The number of rotatable bonds is 7. The van der Waals surface area contributed by atoms with Crippen molar-refractivity contribution in [2.75, 3.05) is 39.6 Å². The van der Waals surface area contributed by atoms with E-state index in [0.717, 1.165) is 17.8 Å². The van der Waals surface area contributed by atoms with Gasteiger partial charge in [-0.3, -0.25) is 9.78 Å². The number of halogens is 3. The number of aldehydes is 1. The van der Waals surface area contributed by atoms with Crippen molar-refractivity contribution in [3.8, 4) is 5.75 Å². The lowest BCUT2D eigenvalue weighted by molar-refractivity contribution is -0.140. The molecule has 1 aliphatic rings. The Bertz CT molecular complexity index is 797. The van der Waals surface area contributed by atoms with Crippen LogP contribution in [-0.4, -0.2) is 60.9 Å². The van der Waals surface area contributed by atoms with Crippen molar-refractivity contribution >= 4 is 17.5 Å². The number of hydrogen-bond acceptors (Lipinski definition) is 6. The number of benzene rings is 1. The number of ether oxygens (including phenoxy) is 1. The molecule has 3 rings (SSSR count). The number of aliphatic hydroxyl groups is 1. The van der Waals surface area contributed by atoms with Crippen LogP contribution in [0.5, 0.6) is 5.75 Å². The van der Waals surface area contributed by atoms with E-state index in [4.69, 9.17) is 14.0 Å². The van der Waals surface area contributed by atoms with Gasteiger partial charge in [0.25, 0.3) is 0 Å². The molecule has 1 atom stereocenters. The lowest BCUT2D eigenvalue weighted by Gasteiger charge is -2.09. The first-order chi connectivity index (χ1) is 15.8. The first-order valence-electron chi connectivity index (χ1n) is 10.5. The molecule has 6 nitrogen and oxygen atoms in total. The first kappa shape index (κ1) is 28.9. The Kier molecular flexibility index (Phi) is 13.7. The zero-order chi connectivity index (χ0) is 24.7. The number of nitrogens with zero attached hydrogens (tertiary/aromatic N) is 2. The van der Waals surface area contributed by atoms with Crippen LogP contribution in [0.4, 0.5) is 13.2 Å². The van der Waals surface area contributed by atoms with E-state index in [2.05, 4.69) is 16.9 Å². The maximum atomic E-state index is 12.6. The fraction of sp³-hybridized carbons (Fsp3) is 0.478. The second kappa shape index (κ2) is 15.7. The van der Waals surface area contributed by atoms with Gasteiger partial charge in [-0.1, -0.05) is 12.1 Å². The van der Waals surface area contributed by atoms with Gasteiger partial charge >= 0.3 is 6.18 Å². The first-order valence-corrected chi connectivity index (χ1v) is 11.8. The van der Waals surface area contributed by atoms with E-state index in [1.54, 1.807) is 31.2 Å². The van der Waals surface area contributed by atoms with Crippen LogP contribution in [0.1, 0.15) is 30.9 Å². The Morgan fingerprint density at radius 2 is 1.82 bits per heavy atom.